The van der Waals surface area contributed by atoms with Gasteiger partial charge in [0.2, 0.25) is 5.75 Å². The molecule has 0 saturated carbocycles. The second-order valence-electron chi connectivity index (χ2n) is 6.47. The van der Waals surface area contributed by atoms with Crippen LogP contribution in [-0.2, 0) is 9.59 Å². The maximum atomic E-state index is 12.7. The molecule has 2 aromatic carbocycles. The number of anilines is 1. The molecule has 0 radical (unpaired) electrons. The fourth-order valence-electron chi connectivity index (χ4n) is 2.82. The summed E-state index contributed by atoms with van der Waals surface area (Å²) >= 11 is 0. The van der Waals surface area contributed by atoms with Crippen molar-refractivity contribution in [2.45, 2.75) is 20.0 Å². The summed E-state index contributed by atoms with van der Waals surface area (Å²) in [5, 5.41) is 12.6. The van der Waals surface area contributed by atoms with E-state index in [9.17, 15) is 19.7 Å². The topological polar surface area (TPSA) is 111 Å². The Hall–Kier alpha value is -3.88. The number of methoxy groups -OCH3 is 1. The van der Waals surface area contributed by atoms with Crippen LogP contribution < -0.4 is 19.9 Å². The average molecular weight is 397 g/mol. The lowest BCUT2D eigenvalue weighted by Gasteiger charge is -2.14. The first-order valence-electron chi connectivity index (χ1n) is 8.77. The number of rotatable bonds is 6. The summed E-state index contributed by atoms with van der Waals surface area (Å²) in [7, 11) is 1.35. The lowest BCUT2D eigenvalue weighted by molar-refractivity contribution is -0.386. The summed E-state index contributed by atoms with van der Waals surface area (Å²) in [4.78, 5) is 35.9. The molecule has 2 aromatic rings. The first-order valence-corrected chi connectivity index (χ1v) is 8.77. The van der Waals surface area contributed by atoms with Gasteiger partial charge < -0.3 is 9.47 Å². The number of hydrogen-bond donors (Lipinski definition) is 1. The Morgan fingerprint density at radius 2 is 1.86 bits per heavy atom. The number of nitro groups is 1. The average Bonchev–Trinajstić information content (AvgIpc) is 2.97. The number of benzene rings is 2. The number of hydrazine groups is 1. The van der Waals surface area contributed by atoms with Crippen LogP contribution in [0.3, 0.4) is 0 Å². The van der Waals surface area contributed by atoms with Crippen molar-refractivity contribution in [2.75, 3.05) is 12.1 Å². The summed E-state index contributed by atoms with van der Waals surface area (Å²) in [6.07, 6.45) is 0.975. The normalized spacial score (nSPS) is 15.0. The zero-order valence-electron chi connectivity index (χ0n) is 16.0. The molecule has 9 nitrogen and oxygen atoms in total. The van der Waals surface area contributed by atoms with Crippen LogP contribution in [0.25, 0.3) is 6.08 Å². The summed E-state index contributed by atoms with van der Waals surface area (Å²) in [5.41, 5.74) is 2.77. The van der Waals surface area contributed by atoms with Crippen LogP contribution >= 0.6 is 0 Å². The van der Waals surface area contributed by atoms with Crippen LogP contribution in [0.1, 0.15) is 19.4 Å². The SMILES string of the molecule is COc1cc(/C=C2/C(=O)NN(c3ccccc3)C2=O)cc([N+](=O)[O-])c1OC(C)C. The third kappa shape index (κ3) is 4.03. The van der Waals surface area contributed by atoms with Crippen molar-refractivity contribution in [3.8, 4) is 11.5 Å². The molecule has 0 unspecified atom stereocenters. The second kappa shape index (κ2) is 8.01. The molecule has 29 heavy (non-hydrogen) atoms. The predicted octanol–water partition coefficient (Wildman–Crippen LogP) is 2.85. The Bertz CT molecular complexity index is 1000. The van der Waals surface area contributed by atoms with Gasteiger partial charge in [0.1, 0.15) is 5.57 Å². The Labute approximate surface area is 166 Å². The molecule has 1 fully saturated rings. The fourth-order valence-corrected chi connectivity index (χ4v) is 2.82. The third-order valence-corrected chi connectivity index (χ3v) is 4.04. The first kappa shape index (κ1) is 19.9. The lowest BCUT2D eigenvalue weighted by Crippen LogP contribution is -2.35. The maximum absolute atomic E-state index is 12.7. The van der Waals surface area contributed by atoms with Crippen molar-refractivity contribution in [3.05, 3.63) is 63.7 Å². The molecular formula is C20H19N3O6. The van der Waals surface area contributed by atoms with Gasteiger partial charge >= 0.3 is 5.69 Å². The van der Waals surface area contributed by atoms with Crippen molar-refractivity contribution in [2.24, 2.45) is 0 Å². The molecule has 1 aliphatic rings. The highest BCUT2D eigenvalue weighted by Gasteiger charge is 2.34. The summed E-state index contributed by atoms with van der Waals surface area (Å²) < 4.78 is 10.8. The Morgan fingerprint density at radius 1 is 1.17 bits per heavy atom. The number of nitrogens with one attached hydrogen (secondary N) is 1. The number of hydrogen-bond acceptors (Lipinski definition) is 6. The van der Waals surface area contributed by atoms with E-state index in [1.165, 1.54) is 25.3 Å². The number of carbonyl (C=O) groups is 2. The van der Waals surface area contributed by atoms with Gasteiger partial charge in [-0.3, -0.25) is 25.1 Å². The van der Waals surface area contributed by atoms with Gasteiger partial charge in [-0.1, -0.05) is 18.2 Å². The molecule has 2 amide bonds. The monoisotopic (exact) mass is 397 g/mol. The third-order valence-electron chi connectivity index (χ3n) is 4.04. The van der Waals surface area contributed by atoms with Crippen LogP contribution in [0, 0.1) is 10.1 Å². The predicted molar refractivity (Wildman–Crippen MR) is 105 cm³/mol. The first-order chi connectivity index (χ1) is 13.8. The van der Waals surface area contributed by atoms with Crippen molar-refractivity contribution in [1.82, 2.24) is 5.43 Å². The van der Waals surface area contributed by atoms with Crippen molar-refractivity contribution >= 4 is 29.3 Å². The van der Waals surface area contributed by atoms with Crippen molar-refractivity contribution < 1.29 is 24.0 Å². The van der Waals surface area contributed by atoms with Gasteiger partial charge in [0.05, 0.1) is 23.8 Å². The molecule has 0 aromatic heterocycles. The molecule has 0 spiro atoms. The van der Waals surface area contributed by atoms with E-state index in [1.807, 2.05) is 0 Å². The molecule has 0 atom stereocenters. The molecule has 0 aliphatic carbocycles. The summed E-state index contributed by atoms with van der Waals surface area (Å²) in [5.74, 6) is -1.05. The smallest absolute Gasteiger partial charge is 0.315 e. The molecule has 3 rings (SSSR count). The van der Waals surface area contributed by atoms with E-state index in [0.29, 0.717) is 5.69 Å². The van der Waals surface area contributed by atoms with Gasteiger partial charge in [0.25, 0.3) is 11.8 Å². The van der Waals surface area contributed by atoms with Gasteiger partial charge in [-0.2, -0.15) is 0 Å². The van der Waals surface area contributed by atoms with Crippen molar-refractivity contribution in [3.63, 3.8) is 0 Å². The van der Waals surface area contributed by atoms with E-state index in [-0.39, 0.29) is 34.4 Å². The van der Waals surface area contributed by atoms with Gasteiger partial charge in [-0.25, -0.2) is 5.01 Å². The van der Waals surface area contributed by atoms with E-state index in [2.05, 4.69) is 5.43 Å². The molecule has 9 heteroatoms. The van der Waals surface area contributed by atoms with Gasteiger partial charge in [0, 0.05) is 6.07 Å². The molecule has 1 saturated heterocycles. The van der Waals surface area contributed by atoms with Gasteiger partial charge in [0.15, 0.2) is 5.75 Å². The number of carbonyl (C=O) groups excluding carboxylic acids is 2. The summed E-state index contributed by atoms with van der Waals surface area (Å²) in [6, 6.07) is 11.3. The van der Waals surface area contributed by atoms with Gasteiger partial charge in [-0.15, -0.1) is 0 Å². The standard InChI is InChI=1S/C20H19N3O6/c1-12(2)29-18-16(23(26)27)10-13(11-17(18)28-3)9-15-19(24)21-22(20(15)25)14-7-5-4-6-8-14/h4-12H,1-3H3,(H,21,24)/b15-9-. The highest BCUT2D eigenvalue weighted by atomic mass is 16.6. The largest absolute Gasteiger partial charge is 0.493 e. The second-order valence-corrected chi connectivity index (χ2v) is 6.47. The van der Waals surface area contributed by atoms with Crippen LogP contribution in [0.2, 0.25) is 0 Å². The zero-order chi connectivity index (χ0) is 21.1. The van der Waals surface area contributed by atoms with E-state index >= 15 is 0 Å². The highest BCUT2D eigenvalue weighted by molar-refractivity contribution is 6.31. The Morgan fingerprint density at radius 3 is 2.45 bits per heavy atom. The van der Waals surface area contributed by atoms with Gasteiger partial charge in [-0.05, 0) is 43.7 Å². The molecular weight excluding hydrogens is 378 g/mol. The number of para-hydroxylation sites is 1. The van der Waals surface area contributed by atoms with Crippen molar-refractivity contribution in [1.29, 1.82) is 0 Å². The highest BCUT2D eigenvalue weighted by Crippen LogP contribution is 2.39. The number of amides is 2. The van der Waals surface area contributed by atoms with Crippen LogP contribution in [0.5, 0.6) is 11.5 Å². The van der Waals surface area contributed by atoms with E-state index in [1.54, 1.807) is 44.2 Å². The number of ether oxygens (including phenoxy) is 2. The summed E-state index contributed by atoms with van der Waals surface area (Å²) in [6.45, 7) is 3.47. The van der Waals surface area contributed by atoms with Crippen LogP contribution in [0.4, 0.5) is 11.4 Å². The van der Waals surface area contributed by atoms with E-state index < -0.39 is 16.7 Å². The minimum Gasteiger partial charge on any atom is -0.493 e. The molecule has 150 valence electrons. The minimum atomic E-state index is -0.608. The molecule has 1 aliphatic heterocycles. The van der Waals surface area contributed by atoms with Crippen LogP contribution in [-0.4, -0.2) is 30.0 Å². The molecule has 1 heterocycles. The molecule has 0 bridgehead atoms. The van der Waals surface area contributed by atoms with Crippen LogP contribution in [0.15, 0.2) is 48.0 Å². The maximum Gasteiger partial charge on any atom is 0.315 e. The Balaban J connectivity index is 2.03. The minimum absolute atomic E-state index is 0.0113. The number of nitrogens with zero attached hydrogens (tertiary/aromatic N) is 2. The quantitative estimate of drug-likeness (QED) is 0.347. The van der Waals surface area contributed by atoms with E-state index in [4.69, 9.17) is 9.47 Å². The number of nitro benzene ring substituents is 1. The Kier molecular flexibility index (Phi) is 5.49. The fraction of sp³-hybridized carbons (Fsp3) is 0.200. The molecule has 1 N–H and O–H groups in total. The zero-order valence-corrected chi connectivity index (χ0v) is 16.0. The lowest BCUT2D eigenvalue weighted by atomic mass is 10.1. The van der Waals surface area contributed by atoms with E-state index in [0.717, 1.165) is 5.01 Å².